The minimum absolute atomic E-state index is 0.0119. The van der Waals surface area contributed by atoms with Crippen molar-refractivity contribution in [2.24, 2.45) is 0 Å². The molecule has 6 nitrogen and oxygen atoms in total. The fourth-order valence-corrected chi connectivity index (χ4v) is 3.32. The number of aromatic nitrogens is 2. The molecule has 1 atom stereocenters. The van der Waals surface area contributed by atoms with Gasteiger partial charge in [-0.3, -0.25) is 19.6 Å². The summed E-state index contributed by atoms with van der Waals surface area (Å²) in [5.74, 6) is -0.180. The number of carbonyl (C=O) groups is 2. The van der Waals surface area contributed by atoms with Crippen LogP contribution < -0.4 is 5.32 Å². The summed E-state index contributed by atoms with van der Waals surface area (Å²) in [5.41, 5.74) is 2.69. The van der Waals surface area contributed by atoms with Crippen LogP contribution in [0.1, 0.15) is 32.8 Å². The molecule has 2 aromatic heterocycles. The van der Waals surface area contributed by atoms with Gasteiger partial charge in [-0.2, -0.15) is 0 Å². The van der Waals surface area contributed by atoms with E-state index in [4.69, 9.17) is 0 Å². The average Bonchev–Trinajstić information content (AvgIpc) is 2.67. The van der Waals surface area contributed by atoms with Gasteiger partial charge in [0.05, 0.1) is 17.1 Å². The van der Waals surface area contributed by atoms with Crippen LogP contribution in [-0.4, -0.2) is 45.8 Å². The first-order chi connectivity index (χ1) is 13.1. The van der Waals surface area contributed by atoms with Crippen molar-refractivity contribution in [3.05, 3.63) is 71.7 Å². The van der Waals surface area contributed by atoms with E-state index < -0.39 is 0 Å². The topological polar surface area (TPSA) is 75.2 Å². The van der Waals surface area contributed by atoms with Crippen molar-refractivity contribution in [1.82, 2.24) is 20.2 Å². The largest absolute Gasteiger partial charge is 0.350 e. The highest BCUT2D eigenvalue weighted by Crippen LogP contribution is 2.22. The average molecular weight is 360 g/mol. The summed E-state index contributed by atoms with van der Waals surface area (Å²) in [4.78, 5) is 35.4. The van der Waals surface area contributed by atoms with E-state index in [1.165, 1.54) is 0 Å². The molecule has 1 aliphatic heterocycles. The van der Waals surface area contributed by atoms with E-state index in [-0.39, 0.29) is 17.9 Å². The number of benzene rings is 1. The Kier molecular flexibility index (Phi) is 4.54. The SMILES string of the molecule is Cc1ncccc1C(=O)NCC1CCN1C(=O)c1ccc2cccnc2c1. The van der Waals surface area contributed by atoms with Crippen molar-refractivity contribution in [2.75, 3.05) is 13.1 Å². The number of nitrogens with one attached hydrogen (secondary N) is 1. The van der Waals surface area contributed by atoms with Crippen LogP contribution in [0.3, 0.4) is 0 Å². The van der Waals surface area contributed by atoms with Gasteiger partial charge in [0, 0.05) is 42.1 Å². The zero-order valence-corrected chi connectivity index (χ0v) is 15.1. The highest BCUT2D eigenvalue weighted by molar-refractivity contribution is 5.98. The molecular formula is C21H20N4O2. The van der Waals surface area contributed by atoms with Crippen molar-refractivity contribution in [1.29, 1.82) is 0 Å². The molecule has 1 unspecified atom stereocenters. The molecule has 3 aromatic rings. The number of likely N-dealkylation sites (tertiary alicyclic amines) is 1. The lowest BCUT2D eigenvalue weighted by molar-refractivity contribution is 0.0456. The normalized spacial score (nSPS) is 16.0. The number of nitrogens with zero attached hydrogens (tertiary/aromatic N) is 3. The smallest absolute Gasteiger partial charge is 0.254 e. The maximum absolute atomic E-state index is 12.8. The summed E-state index contributed by atoms with van der Waals surface area (Å²) in [6.45, 7) is 2.94. The van der Waals surface area contributed by atoms with Crippen LogP contribution in [0.4, 0.5) is 0 Å². The predicted octanol–water partition coefficient (Wildman–Crippen LogP) is 2.58. The van der Waals surface area contributed by atoms with Crippen LogP contribution in [0.15, 0.2) is 54.9 Å². The fourth-order valence-electron chi connectivity index (χ4n) is 3.32. The number of aryl methyl sites for hydroxylation is 1. The number of carbonyl (C=O) groups excluding carboxylic acids is 2. The van der Waals surface area contributed by atoms with Gasteiger partial charge in [0.15, 0.2) is 0 Å². The maximum atomic E-state index is 12.8. The number of pyridine rings is 2. The molecule has 6 heteroatoms. The Morgan fingerprint density at radius 2 is 1.96 bits per heavy atom. The van der Waals surface area contributed by atoms with Crippen molar-refractivity contribution < 1.29 is 9.59 Å². The Hall–Kier alpha value is -3.28. The standard InChI is InChI=1S/C21H20N4O2/c1-14-18(5-3-9-22-14)20(26)24-13-17-8-11-25(17)21(27)16-7-6-15-4-2-10-23-19(15)12-16/h2-7,9-10,12,17H,8,11,13H2,1H3,(H,24,26). The molecule has 2 amide bonds. The maximum Gasteiger partial charge on any atom is 0.254 e. The van der Waals surface area contributed by atoms with Crippen LogP contribution >= 0.6 is 0 Å². The van der Waals surface area contributed by atoms with E-state index in [0.717, 1.165) is 17.3 Å². The molecule has 0 aliphatic carbocycles. The lowest BCUT2D eigenvalue weighted by Gasteiger charge is -2.41. The Bertz CT molecular complexity index is 1020. The predicted molar refractivity (Wildman–Crippen MR) is 102 cm³/mol. The van der Waals surface area contributed by atoms with Crippen LogP contribution in [0.25, 0.3) is 10.9 Å². The molecule has 0 spiro atoms. The Balaban J connectivity index is 1.41. The second-order valence-corrected chi connectivity index (χ2v) is 6.70. The second-order valence-electron chi connectivity index (χ2n) is 6.70. The summed E-state index contributed by atoms with van der Waals surface area (Å²) < 4.78 is 0. The van der Waals surface area contributed by atoms with Gasteiger partial charge in [-0.05, 0) is 43.7 Å². The Morgan fingerprint density at radius 1 is 1.15 bits per heavy atom. The van der Waals surface area contributed by atoms with Gasteiger partial charge < -0.3 is 10.2 Å². The van der Waals surface area contributed by atoms with E-state index in [1.807, 2.05) is 37.3 Å². The van der Waals surface area contributed by atoms with Crippen molar-refractivity contribution >= 4 is 22.7 Å². The molecule has 27 heavy (non-hydrogen) atoms. The van der Waals surface area contributed by atoms with Gasteiger partial charge in [-0.15, -0.1) is 0 Å². The number of hydrogen-bond donors (Lipinski definition) is 1. The number of rotatable bonds is 4. The number of amides is 2. The molecule has 1 saturated heterocycles. The van der Waals surface area contributed by atoms with E-state index in [9.17, 15) is 9.59 Å². The van der Waals surface area contributed by atoms with Crippen LogP contribution in [0.2, 0.25) is 0 Å². The molecule has 4 rings (SSSR count). The Morgan fingerprint density at radius 3 is 2.74 bits per heavy atom. The Labute approximate surface area is 157 Å². The lowest BCUT2D eigenvalue weighted by atomic mass is 10.00. The van der Waals surface area contributed by atoms with Crippen molar-refractivity contribution in [2.45, 2.75) is 19.4 Å². The summed E-state index contributed by atoms with van der Waals surface area (Å²) in [5, 5.41) is 3.93. The molecule has 1 aliphatic rings. The summed E-state index contributed by atoms with van der Waals surface area (Å²) in [6, 6.07) is 12.9. The third-order valence-electron chi connectivity index (χ3n) is 5.01. The molecule has 3 heterocycles. The fraction of sp³-hybridized carbons (Fsp3) is 0.238. The number of hydrogen-bond acceptors (Lipinski definition) is 4. The lowest BCUT2D eigenvalue weighted by Crippen LogP contribution is -2.56. The van der Waals surface area contributed by atoms with Gasteiger partial charge in [-0.1, -0.05) is 12.1 Å². The van der Waals surface area contributed by atoms with Gasteiger partial charge in [0.25, 0.3) is 11.8 Å². The van der Waals surface area contributed by atoms with Gasteiger partial charge in [0.1, 0.15) is 0 Å². The molecule has 0 saturated carbocycles. The third kappa shape index (κ3) is 3.38. The molecule has 1 fully saturated rings. The minimum atomic E-state index is -0.158. The van der Waals surface area contributed by atoms with Crippen LogP contribution in [0, 0.1) is 6.92 Å². The van der Waals surface area contributed by atoms with E-state index in [0.29, 0.717) is 29.9 Å². The molecule has 1 aromatic carbocycles. The monoisotopic (exact) mass is 360 g/mol. The highest BCUT2D eigenvalue weighted by Gasteiger charge is 2.33. The van der Waals surface area contributed by atoms with Gasteiger partial charge in [0.2, 0.25) is 0 Å². The van der Waals surface area contributed by atoms with Gasteiger partial charge in [-0.25, -0.2) is 0 Å². The first kappa shape index (κ1) is 17.1. The molecule has 1 N–H and O–H groups in total. The van der Waals surface area contributed by atoms with Crippen LogP contribution in [-0.2, 0) is 0 Å². The summed E-state index contributed by atoms with van der Waals surface area (Å²) in [6.07, 6.45) is 4.26. The summed E-state index contributed by atoms with van der Waals surface area (Å²) >= 11 is 0. The third-order valence-corrected chi connectivity index (χ3v) is 5.01. The quantitative estimate of drug-likeness (QED) is 0.776. The molecule has 0 bridgehead atoms. The van der Waals surface area contributed by atoms with Crippen LogP contribution in [0.5, 0.6) is 0 Å². The van der Waals surface area contributed by atoms with E-state index in [2.05, 4.69) is 15.3 Å². The second kappa shape index (κ2) is 7.15. The van der Waals surface area contributed by atoms with Crippen molar-refractivity contribution in [3.8, 4) is 0 Å². The highest BCUT2D eigenvalue weighted by atomic mass is 16.2. The zero-order valence-electron chi connectivity index (χ0n) is 15.1. The molecular weight excluding hydrogens is 340 g/mol. The van der Waals surface area contributed by atoms with Crippen molar-refractivity contribution in [3.63, 3.8) is 0 Å². The molecule has 0 radical (unpaired) electrons. The van der Waals surface area contributed by atoms with E-state index in [1.54, 1.807) is 29.4 Å². The summed E-state index contributed by atoms with van der Waals surface area (Å²) in [7, 11) is 0. The minimum Gasteiger partial charge on any atom is -0.350 e. The first-order valence-electron chi connectivity index (χ1n) is 8.99. The molecule has 136 valence electrons. The number of fused-ring (bicyclic) bond motifs is 1. The van der Waals surface area contributed by atoms with E-state index >= 15 is 0 Å². The van der Waals surface area contributed by atoms with Gasteiger partial charge >= 0.3 is 0 Å². The first-order valence-corrected chi connectivity index (χ1v) is 8.99. The zero-order chi connectivity index (χ0) is 18.8.